The van der Waals surface area contributed by atoms with Gasteiger partial charge in [-0.25, -0.2) is 0 Å². The van der Waals surface area contributed by atoms with Crippen LogP contribution in [0.1, 0.15) is 21.5 Å². The van der Waals surface area contributed by atoms with E-state index in [4.69, 9.17) is 0 Å². The van der Waals surface area contributed by atoms with E-state index >= 15 is 0 Å². The number of anilines is 1. The van der Waals surface area contributed by atoms with E-state index in [1.807, 2.05) is 72.8 Å². The first kappa shape index (κ1) is 20.1. The molecule has 3 aromatic rings. The molecule has 2 amide bonds. The van der Waals surface area contributed by atoms with Gasteiger partial charge in [-0.2, -0.15) is 0 Å². The number of rotatable bonds is 8. The van der Waals surface area contributed by atoms with Crippen LogP contribution in [0.5, 0.6) is 0 Å². The second kappa shape index (κ2) is 10.1. The van der Waals surface area contributed by atoms with Crippen molar-refractivity contribution < 1.29 is 9.59 Å². The van der Waals surface area contributed by atoms with Gasteiger partial charge in [0, 0.05) is 31.4 Å². The summed E-state index contributed by atoms with van der Waals surface area (Å²) in [7, 11) is 1.79. The fourth-order valence-corrected chi connectivity index (χ4v) is 2.88. The van der Waals surface area contributed by atoms with Gasteiger partial charge in [-0.3, -0.25) is 9.59 Å². The predicted molar refractivity (Wildman–Crippen MR) is 115 cm³/mol. The van der Waals surface area contributed by atoms with Crippen LogP contribution in [0.15, 0.2) is 84.9 Å². The Hall–Kier alpha value is -3.60. The zero-order chi connectivity index (χ0) is 20.5. The van der Waals surface area contributed by atoms with Crippen LogP contribution >= 0.6 is 0 Å². The molecule has 0 radical (unpaired) electrons. The average molecular weight is 387 g/mol. The number of amides is 2. The zero-order valence-electron chi connectivity index (χ0n) is 16.5. The molecule has 0 heterocycles. The van der Waals surface area contributed by atoms with Crippen molar-refractivity contribution in [3.05, 3.63) is 102 Å². The van der Waals surface area contributed by atoms with E-state index in [1.54, 1.807) is 24.1 Å². The number of benzene rings is 3. The van der Waals surface area contributed by atoms with Gasteiger partial charge in [0.05, 0.1) is 6.54 Å². The van der Waals surface area contributed by atoms with Crippen LogP contribution in [-0.4, -0.2) is 30.3 Å². The summed E-state index contributed by atoms with van der Waals surface area (Å²) in [4.78, 5) is 26.3. The summed E-state index contributed by atoms with van der Waals surface area (Å²) in [5.41, 5.74) is 3.52. The molecule has 0 aromatic heterocycles. The Morgan fingerprint density at radius 1 is 0.793 bits per heavy atom. The Bertz CT molecular complexity index is 925. The molecule has 29 heavy (non-hydrogen) atoms. The van der Waals surface area contributed by atoms with E-state index in [1.165, 1.54) is 0 Å². The van der Waals surface area contributed by atoms with Crippen molar-refractivity contribution in [2.45, 2.75) is 13.1 Å². The molecule has 0 spiro atoms. The molecule has 0 unspecified atom stereocenters. The summed E-state index contributed by atoms with van der Waals surface area (Å²) >= 11 is 0. The minimum Gasteiger partial charge on any atom is -0.376 e. The molecule has 148 valence electrons. The van der Waals surface area contributed by atoms with Gasteiger partial charge in [0.1, 0.15) is 0 Å². The number of likely N-dealkylation sites (N-methyl/N-ethyl adjacent to an activating group) is 1. The van der Waals surface area contributed by atoms with Gasteiger partial charge in [-0.05, 0) is 35.4 Å². The van der Waals surface area contributed by atoms with Gasteiger partial charge < -0.3 is 15.5 Å². The summed E-state index contributed by atoms with van der Waals surface area (Å²) in [6.45, 7) is 1.26. The molecule has 0 aliphatic carbocycles. The lowest BCUT2D eigenvalue weighted by molar-refractivity contribution is -0.128. The number of hydrogen-bond donors (Lipinski definition) is 2. The van der Waals surface area contributed by atoms with Gasteiger partial charge in [-0.1, -0.05) is 60.7 Å². The molecular weight excluding hydrogens is 362 g/mol. The van der Waals surface area contributed by atoms with E-state index in [0.29, 0.717) is 18.7 Å². The molecule has 0 atom stereocenters. The van der Waals surface area contributed by atoms with E-state index in [-0.39, 0.29) is 18.4 Å². The molecule has 5 nitrogen and oxygen atoms in total. The zero-order valence-corrected chi connectivity index (χ0v) is 16.5. The summed E-state index contributed by atoms with van der Waals surface area (Å²) in [6.07, 6.45) is 0. The van der Waals surface area contributed by atoms with Crippen molar-refractivity contribution in [1.82, 2.24) is 10.2 Å². The van der Waals surface area contributed by atoms with Crippen molar-refractivity contribution in [2.24, 2.45) is 0 Å². The van der Waals surface area contributed by atoms with Gasteiger partial charge in [0.2, 0.25) is 5.91 Å². The van der Waals surface area contributed by atoms with Crippen LogP contribution in [0.3, 0.4) is 0 Å². The van der Waals surface area contributed by atoms with Crippen LogP contribution in [0.2, 0.25) is 0 Å². The molecule has 3 aromatic carbocycles. The first-order valence-electron chi connectivity index (χ1n) is 9.56. The highest BCUT2D eigenvalue weighted by Gasteiger charge is 2.10. The largest absolute Gasteiger partial charge is 0.376 e. The Labute approximate surface area is 171 Å². The fourth-order valence-electron chi connectivity index (χ4n) is 2.88. The lowest BCUT2D eigenvalue weighted by Crippen LogP contribution is -2.31. The van der Waals surface area contributed by atoms with Crippen LogP contribution < -0.4 is 10.6 Å². The van der Waals surface area contributed by atoms with E-state index in [2.05, 4.69) is 10.6 Å². The van der Waals surface area contributed by atoms with Crippen molar-refractivity contribution in [1.29, 1.82) is 0 Å². The number of nitrogens with zero attached hydrogens (tertiary/aromatic N) is 1. The van der Waals surface area contributed by atoms with Gasteiger partial charge >= 0.3 is 0 Å². The highest BCUT2D eigenvalue weighted by atomic mass is 16.2. The molecule has 0 aliphatic heterocycles. The molecule has 3 rings (SSSR count). The SMILES string of the molecule is CN(Cc1ccccc1)C(=O)CNc1ccc(C(=O)NCc2ccccc2)cc1. The monoisotopic (exact) mass is 387 g/mol. The molecule has 0 fully saturated rings. The van der Waals surface area contributed by atoms with Crippen molar-refractivity contribution in [3.63, 3.8) is 0 Å². The first-order valence-corrected chi connectivity index (χ1v) is 9.56. The van der Waals surface area contributed by atoms with Crippen LogP contribution in [0.25, 0.3) is 0 Å². The predicted octanol–water partition coefficient (Wildman–Crippen LogP) is 3.69. The van der Waals surface area contributed by atoms with Crippen molar-refractivity contribution >= 4 is 17.5 Å². The Kier molecular flexibility index (Phi) is 7.00. The van der Waals surface area contributed by atoms with E-state index in [9.17, 15) is 9.59 Å². The van der Waals surface area contributed by atoms with Crippen molar-refractivity contribution in [3.8, 4) is 0 Å². The number of carbonyl (C=O) groups excluding carboxylic acids is 2. The topological polar surface area (TPSA) is 61.4 Å². The minimum absolute atomic E-state index is 0.00136. The standard InChI is InChI=1S/C24H25N3O2/c1-27(18-20-10-6-3-7-11-20)23(28)17-25-22-14-12-21(13-15-22)24(29)26-16-19-8-4-2-5-9-19/h2-15,25H,16-18H2,1H3,(H,26,29). The molecule has 0 aliphatic rings. The third kappa shape index (κ3) is 6.21. The fraction of sp³-hybridized carbons (Fsp3) is 0.167. The molecular formula is C24H25N3O2. The summed E-state index contributed by atoms with van der Waals surface area (Å²) in [5, 5.41) is 6.02. The highest BCUT2D eigenvalue weighted by Crippen LogP contribution is 2.10. The minimum atomic E-state index is -0.126. The van der Waals surface area contributed by atoms with Crippen LogP contribution in [-0.2, 0) is 17.9 Å². The normalized spacial score (nSPS) is 10.2. The lowest BCUT2D eigenvalue weighted by atomic mass is 10.1. The number of hydrogen-bond acceptors (Lipinski definition) is 3. The second-order valence-corrected chi connectivity index (χ2v) is 6.83. The molecule has 5 heteroatoms. The maximum absolute atomic E-state index is 12.3. The third-order valence-electron chi connectivity index (χ3n) is 4.58. The summed E-state index contributed by atoms with van der Waals surface area (Å²) in [6, 6.07) is 26.8. The summed E-state index contributed by atoms with van der Waals surface area (Å²) < 4.78 is 0. The van der Waals surface area contributed by atoms with Gasteiger partial charge in [0.25, 0.3) is 5.91 Å². The maximum atomic E-state index is 12.3. The summed E-state index contributed by atoms with van der Waals surface area (Å²) in [5.74, 6) is -0.127. The number of carbonyl (C=O) groups is 2. The van der Waals surface area contributed by atoms with E-state index < -0.39 is 0 Å². The molecule has 0 bridgehead atoms. The first-order chi connectivity index (χ1) is 14.1. The Morgan fingerprint density at radius 3 is 2.00 bits per heavy atom. The second-order valence-electron chi connectivity index (χ2n) is 6.83. The lowest BCUT2D eigenvalue weighted by Gasteiger charge is -2.18. The maximum Gasteiger partial charge on any atom is 0.251 e. The van der Waals surface area contributed by atoms with Gasteiger partial charge in [0.15, 0.2) is 0 Å². The Balaban J connectivity index is 1.46. The number of nitrogens with one attached hydrogen (secondary N) is 2. The van der Waals surface area contributed by atoms with Gasteiger partial charge in [-0.15, -0.1) is 0 Å². The smallest absolute Gasteiger partial charge is 0.251 e. The van der Waals surface area contributed by atoms with Crippen LogP contribution in [0, 0.1) is 0 Å². The van der Waals surface area contributed by atoms with E-state index in [0.717, 1.165) is 16.8 Å². The highest BCUT2D eigenvalue weighted by molar-refractivity contribution is 5.94. The quantitative estimate of drug-likeness (QED) is 0.620. The third-order valence-corrected chi connectivity index (χ3v) is 4.58. The Morgan fingerprint density at radius 2 is 1.38 bits per heavy atom. The van der Waals surface area contributed by atoms with Crippen molar-refractivity contribution in [2.75, 3.05) is 18.9 Å². The molecule has 0 saturated carbocycles. The average Bonchev–Trinajstić information content (AvgIpc) is 2.77. The molecule has 2 N–H and O–H groups in total. The van der Waals surface area contributed by atoms with Crippen LogP contribution in [0.4, 0.5) is 5.69 Å². The molecule has 0 saturated heterocycles.